The summed E-state index contributed by atoms with van der Waals surface area (Å²) in [6.07, 6.45) is 4.31. The number of nitrogens with two attached hydrogens (primary N) is 1. The molecule has 0 aliphatic carbocycles. The molecule has 0 radical (unpaired) electrons. The molecule has 0 unspecified atom stereocenters. The molecule has 6 heteroatoms. The molecular weight excluding hydrogens is 212 g/mol. The summed E-state index contributed by atoms with van der Waals surface area (Å²) in [7, 11) is 1.77. The third kappa shape index (κ3) is 3.56. The third-order valence-corrected chi connectivity index (χ3v) is 2.69. The van der Waals surface area contributed by atoms with Gasteiger partial charge in [-0.3, -0.25) is 9.48 Å². The molecule has 1 atom stereocenters. The summed E-state index contributed by atoms with van der Waals surface area (Å²) in [6, 6.07) is 1.28. The van der Waals surface area contributed by atoms with Crippen LogP contribution in [0.15, 0.2) is 12.3 Å². The van der Waals surface area contributed by atoms with Crippen molar-refractivity contribution >= 4 is 23.5 Å². The molecule has 3 N–H and O–H groups in total. The van der Waals surface area contributed by atoms with Gasteiger partial charge in [0.05, 0.1) is 12.2 Å². The molecule has 0 saturated heterocycles. The van der Waals surface area contributed by atoms with E-state index in [1.165, 1.54) is 0 Å². The highest BCUT2D eigenvalue weighted by molar-refractivity contribution is 7.98. The van der Waals surface area contributed by atoms with Crippen LogP contribution in [0, 0.1) is 0 Å². The first kappa shape index (κ1) is 12.1. The Morgan fingerprint density at radius 1 is 1.80 bits per heavy atom. The highest BCUT2D eigenvalue weighted by atomic mass is 32.2. The minimum absolute atomic E-state index is 0.160. The van der Waals surface area contributed by atoms with E-state index in [4.69, 9.17) is 5.73 Å². The molecule has 1 rings (SSSR count). The number of nitrogens with zero attached hydrogens (tertiary/aromatic N) is 2. The number of nitrogens with one attached hydrogen (secondary N) is 1. The number of carbonyl (C=O) groups is 1. The Morgan fingerprint density at radius 2 is 2.53 bits per heavy atom. The van der Waals surface area contributed by atoms with Crippen LogP contribution in [0.25, 0.3) is 0 Å². The maximum absolute atomic E-state index is 11.6. The van der Waals surface area contributed by atoms with Gasteiger partial charge in [-0.2, -0.15) is 16.9 Å². The predicted octanol–water partition coefficient (Wildman–Crippen LogP) is 0.439. The van der Waals surface area contributed by atoms with E-state index in [1.54, 1.807) is 35.8 Å². The molecule has 0 aliphatic rings. The van der Waals surface area contributed by atoms with E-state index in [2.05, 4.69) is 10.4 Å². The second-order valence-electron chi connectivity index (χ2n) is 3.22. The number of anilines is 1. The molecule has 1 amide bonds. The number of amides is 1. The van der Waals surface area contributed by atoms with Gasteiger partial charge in [0.25, 0.3) is 0 Å². The molecule has 1 aromatic rings. The minimum Gasteiger partial charge on any atom is -0.320 e. The summed E-state index contributed by atoms with van der Waals surface area (Å²) in [5, 5.41) is 6.67. The van der Waals surface area contributed by atoms with Gasteiger partial charge in [0.2, 0.25) is 5.91 Å². The lowest BCUT2D eigenvalue weighted by Crippen LogP contribution is -2.36. The number of aryl methyl sites for hydroxylation is 1. The molecular formula is C9H16N4OS. The number of rotatable bonds is 5. The Kier molecular flexibility index (Phi) is 4.64. The van der Waals surface area contributed by atoms with Crippen molar-refractivity contribution in [3.63, 3.8) is 0 Å². The van der Waals surface area contributed by atoms with Crippen LogP contribution in [-0.2, 0) is 11.8 Å². The minimum atomic E-state index is -0.452. The number of thioether (sulfide) groups is 1. The number of aromatic nitrogens is 2. The molecule has 1 aromatic heterocycles. The van der Waals surface area contributed by atoms with Crippen LogP contribution < -0.4 is 11.1 Å². The highest BCUT2D eigenvalue weighted by Crippen LogP contribution is 2.05. The van der Waals surface area contributed by atoms with Crippen molar-refractivity contribution in [1.29, 1.82) is 0 Å². The van der Waals surface area contributed by atoms with Gasteiger partial charge >= 0.3 is 0 Å². The topological polar surface area (TPSA) is 72.9 Å². The van der Waals surface area contributed by atoms with Crippen LogP contribution in [0.1, 0.15) is 6.42 Å². The number of carbonyl (C=O) groups excluding carboxylic acids is 1. The summed E-state index contributed by atoms with van der Waals surface area (Å²) in [4.78, 5) is 11.6. The van der Waals surface area contributed by atoms with E-state index in [1.807, 2.05) is 6.26 Å². The van der Waals surface area contributed by atoms with Crippen molar-refractivity contribution in [3.8, 4) is 0 Å². The molecule has 0 aromatic carbocycles. The van der Waals surface area contributed by atoms with Gasteiger partial charge in [0, 0.05) is 13.1 Å². The second-order valence-corrected chi connectivity index (χ2v) is 4.20. The van der Waals surface area contributed by atoms with Crippen molar-refractivity contribution in [2.45, 2.75) is 12.5 Å². The van der Waals surface area contributed by atoms with E-state index < -0.39 is 6.04 Å². The largest absolute Gasteiger partial charge is 0.320 e. The highest BCUT2D eigenvalue weighted by Gasteiger charge is 2.13. The van der Waals surface area contributed by atoms with Gasteiger partial charge in [-0.05, 0) is 18.4 Å². The molecule has 0 fully saturated rings. The fourth-order valence-electron chi connectivity index (χ4n) is 1.09. The fourth-order valence-corrected chi connectivity index (χ4v) is 1.58. The van der Waals surface area contributed by atoms with E-state index in [0.29, 0.717) is 12.2 Å². The second kappa shape index (κ2) is 5.77. The molecule has 84 valence electrons. The quantitative estimate of drug-likeness (QED) is 0.767. The van der Waals surface area contributed by atoms with Crippen LogP contribution in [0.4, 0.5) is 5.82 Å². The summed E-state index contributed by atoms with van der Waals surface area (Å²) >= 11 is 1.68. The normalized spacial score (nSPS) is 12.5. The van der Waals surface area contributed by atoms with Crippen LogP contribution in [0.5, 0.6) is 0 Å². The molecule has 0 aliphatic heterocycles. The summed E-state index contributed by atoms with van der Waals surface area (Å²) in [5.41, 5.74) is 5.71. The number of hydrogen-bond acceptors (Lipinski definition) is 4. The molecule has 1 heterocycles. The molecule has 0 bridgehead atoms. The predicted molar refractivity (Wildman–Crippen MR) is 62.8 cm³/mol. The molecule has 0 spiro atoms. The Morgan fingerprint density at radius 3 is 3.07 bits per heavy atom. The van der Waals surface area contributed by atoms with Gasteiger partial charge < -0.3 is 11.1 Å². The molecule has 0 saturated carbocycles. The average molecular weight is 228 g/mol. The Balaban J connectivity index is 2.45. The maximum Gasteiger partial charge on any atom is 0.242 e. The van der Waals surface area contributed by atoms with Crippen molar-refractivity contribution in [1.82, 2.24) is 9.78 Å². The standard InChI is InChI=1S/C9H16N4OS/c1-13-8(3-5-11-13)12-9(14)7(10)4-6-15-2/h3,5,7H,4,6,10H2,1-2H3,(H,12,14)/t7-/m0/s1. The fraction of sp³-hybridized carbons (Fsp3) is 0.556. The maximum atomic E-state index is 11.6. The van der Waals surface area contributed by atoms with Crippen molar-refractivity contribution in [3.05, 3.63) is 12.3 Å². The van der Waals surface area contributed by atoms with Crippen LogP contribution in [0.2, 0.25) is 0 Å². The van der Waals surface area contributed by atoms with Crippen LogP contribution in [-0.4, -0.2) is 33.7 Å². The Labute approximate surface area is 93.4 Å². The third-order valence-electron chi connectivity index (χ3n) is 2.04. The lowest BCUT2D eigenvalue weighted by atomic mass is 10.2. The first-order chi connectivity index (χ1) is 7.15. The van der Waals surface area contributed by atoms with Gasteiger partial charge in [-0.1, -0.05) is 0 Å². The zero-order valence-electron chi connectivity index (χ0n) is 8.93. The van der Waals surface area contributed by atoms with E-state index in [-0.39, 0.29) is 5.91 Å². The molecule has 5 nitrogen and oxygen atoms in total. The number of hydrogen-bond donors (Lipinski definition) is 2. The zero-order valence-corrected chi connectivity index (χ0v) is 9.75. The van der Waals surface area contributed by atoms with Gasteiger partial charge in [-0.25, -0.2) is 0 Å². The van der Waals surface area contributed by atoms with Crippen molar-refractivity contribution in [2.24, 2.45) is 12.8 Å². The molecule has 15 heavy (non-hydrogen) atoms. The first-order valence-electron chi connectivity index (χ1n) is 4.68. The lowest BCUT2D eigenvalue weighted by molar-refractivity contribution is -0.117. The summed E-state index contributed by atoms with van der Waals surface area (Å²) < 4.78 is 1.60. The van der Waals surface area contributed by atoms with Gasteiger partial charge in [0.15, 0.2) is 0 Å². The summed E-state index contributed by atoms with van der Waals surface area (Å²) in [6.45, 7) is 0. The monoisotopic (exact) mass is 228 g/mol. The Bertz CT molecular complexity index is 326. The lowest BCUT2D eigenvalue weighted by Gasteiger charge is -2.11. The van der Waals surface area contributed by atoms with Crippen LogP contribution >= 0.6 is 11.8 Å². The van der Waals surface area contributed by atoms with E-state index in [9.17, 15) is 4.79 Å². The average Bonchev–Trinajstić information content (AvgIpc) is 2.61. The first-order valence-corrected chi connectivity index (χ1v) is 6.08. The van der Waals surface area contributed by atoms with Gasteiger partial charge in [0.1, 0.15) is 5.82 Å². The smallest absolute Gasteiger partial charge is 0.242 e. The summed E-state index contributed by atoms with van der Waals surface area (Å²) in [5.74, 6) is 1.40. The Hall–Kier alpha value is -1.01. The van der Waals surface area contributed by atoms with Crippen molar-refractivity contribution < 1.29 is 4.79 Å². The van der Waals surface area contributed by atoms with Crippen molar-refractivity contribution in [2.75, 3.05) is 17.3 Å². The SMILES string of the molecule is CSCC[C@H](N)C(=O)Nc1ccnn1C. The van der Waals surface area contributed by atoms with Crippen LogP contribution in [0.3, 0.4) is 0 Å². The van der Waals surface area contributed by atoms with E-state index >= 15 is 0 Å². The van der Waals surface area contributed by atoms with Gasteiger partial charge in [-0.15, -0.1) is 0 Å². The zero-order chi connectivity index (χ0) is 11.3. The van der Waals surface area contributed by atoms with E-state index in [0.717, 1.165) is 5.75 Å².